The van der Waals surface area contributed by atoms with E-state index in [0.717, 1.165) is 11.8 Å². The van der Waals surface area contributed by atoms with Crippen molar-refractivity contribution in [1.29, 1.82) is 0 Å². The van der Waals surface area contributed by atoms with Gasteiger partial charge in [0.15, 0.2) is 17.1 Å². The minimum atomic E-state index is -2.07. The maximum absolute atomic E-state index is 17.5. The molecule has 0 aromatic carbocycles. The molecular formula is C30H33FO7S. The summed E-state index contributed by atoms with van der Waals surface area (Å²) in [6.45, 7) is 5.05. The van der Waals surface area contributed by atoms with Crippen LogP contribution in [0.1, 0.15) is 57.0 Å². The number of hydrogen-bond donors (Lipinski definition) is 2. The Morgan fingerprint density at radius 3 is 2.74 bits per heavy atom. The van der Waals surface area contributed by atoms with Gasteiger partial charge in [-0.2, -0.15) is 0 Å². The molecule has 0 radical (unpaired) electrons. The number of carbonyl (C=O) groups is 3. The molecular weight excluding hydrogens is 523 g/mol. The number of ether oxygens (including phenoxy) is 1. The Balaban J connectivity index is 1.59. The summed E-state index contributed by atoms with van der Waals surface area (Å²) < 4.78 is 28.9. The fourth-order valence-corrected chi connectivity index (χ4v) is 9.13. The molecule has 8 atom stereocenters. The Labute approximate surface area is 231 Å². The van der Waals surface area contributed by atoms with Gasteiger partial charge in [-0.3, -0.25) is 9.59 Å². The fourth-order valence-electron chi connectivity index (χ4n) is 8.13. The average molecular weight is 557 g/mol. The summed E-state index contributed by atoms with van der Waals surface area (Å²) >= 11 is 0.892. The van der Waals surface area contributed by atoms with E-state index < -0.39 is 51.1 Å². The van der Waals surface area contributed by atoms with Gasteiger partial charge in [0.2, 0.25) is 10.9 Å². The molecule has 0 aliphatic heterocycles. The van der Waals surface area contributed by atoms with Crippen LogP contribution in [0.4, 0.5) is 4.39 Å². The zero-order valence-corrected chi connectivity index (χ0v) is 23.1. The molecule has 0 amide bonds. The van der Waals surface area contributed by atoms with Crippen LogP contribution >= 0.6 is 11.8 Å². The number of ketones is 1. The van der Waals surface area contributed by atoms with E-state index in [9.17, 15) is 19.5 Å². The molecule has 7 nitrogen and oxygen atoms in total. The van der Waals surface area contributed by atoms with Gasteiger partial charge in [-0.25, -0.2) is 9.18 Å². The van der Waals surface area contributed by atoms with Crippen LogP contribution in [0.5, 0.6) is 0 Å². The van der Waals surface area contributed by atoms with Crippen LogP contribution in [-0.2, 0) is 14.3 Å². The first kappa shape index (κ1) is 27.9. The number of fused-ring (bicyclic) bond motifs is 5. The molecule has 5 rings (SSSR count). The number of furan rings is 1. The highest BCUT2D eigenvalue weighted by Crippen LogP contribution is 2.71. The molecule has 0 bridgehead atoms. The first-order valence-electron chi connectivity index (χ1n) is 13.3. The van der Waals surface area contributed by atoms with Gasteiger partial charge in [0, 0.05) is 22.7 Å². The number of alkyl halides is 1. The van der Waals surface area contributed by atoms with Gasteiger partial charge in [0.1, 0.15) is 6.61 Å². The molecule has 4 aliphatic carbocycles. The number of thioether (sulfide) groups is 1. The lowest BCUT2D eigenvalue weighted by molar-refractivity contribution is -0.216. The summed E-state index contributed by atoms with van der Waals surface area (Å²) in [5.41, 5.74) is -5.32. The molecule has 9 heteroatoms. The smallest absolute Gasteiger partial charge is 0.375 e. The first-order valence-corrected chi connectivity index (χ1v) is 14.3. The molecule has 1 heterocycles. The van der Waals surface area contributed by atoms with Crippen molar-refractivity contribution < 1.29 is 38.1 Å². The topological polar surface area (TPSA) is 114 Å². The monoisotopic (exact) mass is 556 g/mol. The molecule has 1 aromatic rings. The molecule has 3 fully saturated rings. The molecule has 4 aliphatic rings. The molecule has 1 aromatic heterocycles. The van der Waals surface area contributed by atoms with Crippen LogP contribution < -0.4 is 0 Å². The molecule has 0 spiro atoms. The van der Waals surface area contributed by atoms with Crippen molar-refractivity contribution in [3.63, 3.8) is 0 Å². The molecule has 0 saturated heterocycles. The molecule has 39 heavy (non-hydrogen) atoms. The highest BCUT2D eigenvalue weighted by molar-refractivity contribution is 8.14. The van der Waals surface area contributed by atoms with Crippen molar-refractivity contribution in [3.05, 3.63) is 48.0 Å². The summed E-state index contributed by atoms with van der Waals surface area (Å²) in [7, 11) is 0. The summed E-state index contributed by atoms with van der Waals surface area (Å²) in [6, 6.07) is 3.00. The van der Waals surface area contributed by atoms with Crippen molar-refractivity contribution in [3.8, 4) is 11.8 Å². The molecule has 3 saturated carbocycles. The molecule has 2 N–H and O–H groups in total. The number of hydrogen-bond acceptors (Lipinski definition) is 8. The maximum Gasteiger partial charge on any atom is 0.375 e. The number of carbonyl (C=O) groups excluding carboxylic acids is 3. The highest BCUT2D eigenvalue weighted by Gasteiger charge is 2.77. The Kier molecular flexibility index (Phi) is 6.97. The Morgan fingerprint density at radius 1 is 1.28 bits per heavy atom. The van der Waals surface area contributed by atoms with Gasteiger partial charge in [-0.15, -0.1) is 0 Å². The van der Waals surface area contributed by atoms with Crippen molar-refractivity contribution >= 4 is 28.6 Å². The lowest BCUT2D eigenvalue weighted by Crippen LogP contribution is -2.69. The van der Waals surface area contributed by atoms with E-state index in [2.05, 4.69) is 11.8 Å². The summed E-state index contributed by atoms with van der Waals surface area (Å²) in [4.78, 5) is 39.5. The lowest BCUT2D eigenvalue weighted by atomic mass is 9.45. The van der Waals surface area contributed by atoms with E-state index in [-0.39, 0.29) is 36.2 Å². The maximum atomic E-state index is 17.5. The number of rotatable bonds is 4. The third-order valence-corrected chi connectivity index (χ3v) is 10.8. The van der Waals surface area contributed by atoms with Crippen molar-refractivity contribution in [2.75, 3.05) is 12.4 Å². The van der Waals surface area contributed by atoms with Crippen molar-refractivity contribution in [1.82, 2.24) is 0 Å². The van der Waals surface area contributed by atoms with E-state index >= 15 is 4.39 Å². The van der Waals surface area contributed by atoms with Crippen molar-refractivity contribution in [2.45, 2.75) is 63.8 Å². The standard InChI is InChI=1S/C30H33FO7S/c1-18-15-22-21-9-8-19-16-20(33)10-11-27(19,2)29(21,31)24(34)17-28(22,3)30(18,26(36)39-14-5-4-12-32)38-25(35)23-7-6-13-37-23/h6-7,10-11,13,16,18,21-22,24,32,34H,8-9,12,14-15,17H2,1-3H3/t18-,21+,22+,24+,27+,28+,29+,30+/m1/s1. The van der Waals surface area contributed by atoms with Crippen LogP contribution in [0.15, 0.2) is 46.6 Å². The second-order valence-corrected chi connectivity index (χ2v) is 12.5. The summed E-state index contributed by atoms with van der Waals surface area (Å²) in [6.07, 6.45) is 5.50. The Morgan fingerprint density at radius 2 is 2.05 bits per heavy atom. The quantitative estimate of drug-likeness (QED) is 0.422. The van der Waals surface area contributed by atoms with E-state index in [1.807, 2.05) is 13.8 Å². The van der Waals surface area contributed by atoms with Gasteiger partial charge in [0.25, 0.3) is 0 Å². The zero-order valence-electron chi connectivity index (χ0n) is 22.2. The Hall–Kier alpha value is -2.67. The number of allylic oxidation sites excluding steroid dienone is 4. The van der Waals surface area contributed by atoms with Crippen molar-refractivity contribution in [2.24, 2.45) is 28.6 Å². The number of esters is 1. The fraction of sp³-hybridized carbons (Fsp3) is 0.567. The van der Waals surface area contributed by atoms with Gasteiger partial charge in [-0.05, 0) is 62.8 Å². The van der Waals surface area contributed by atoms with Gasteiger partial charge in [-0.1, -0.05) is 49.1 Å². The average Bonchev–Trinajstić information content (AvgIpc) is 3.50. The summed E-state index contributed by atoms with van der Waals surface area (Å²) in [5, 5.41) is 20.2. The predicted molar refractivity (Wildman–Crippen MR) is 142 cm³/mol. The normalized spacial score (nSPS) is 40.5. The van der Waals surface area contributed by atoms with Crippen LogP contribution in [0.25, 0.3) is 0 Å². The second-order valence-electron chi connectivity index (χ2n) is 11.6. The van der Waals surface area contributed by atoms with E-state index in [1.165, 1.54) is 24.5 Å². The number of aliphatic hydroxyl groups is 2. The highest BCUT2D eigenvalue weighted by atomic mass is 32.2. The first-order chi connectivity index (χ1) is 18.5. The summed E-state index contributed by atoms with van der Waals surface area (Å²) in [5.74, 6) is 2.76. The van der Waals surface area contributed by atoms with Gasteiger partial charge < -0.3 is 19.4 Å². The van der Waals surface area contributed by atoms with E-state index in [4.69, 9.17) is 14.3 Å². The number of aliphatic hydroxyl groups excluding tert-OH is 2. The lowest BCUT2D eigenvalue weighted by Gasteiger charge is -2.62. The van der Waals surface area contributed by atoms with Crippen LogP contribution in [0.2, 0.25) is 0 Å². The van der Waals surface area contributed by atoms with Gasteiger partial charge >= 0.3 is 5.97 Å². The molecule has 208 valence electrons. The van der Waals surface area contributed by atoms with Gasteiger partial charge in [0.05, 0.1) is 18.1 Å². The van der Waals surface area contributed by atoms with E-state index in [0.29, 0.717) is 24.8 Å². The second kappa shape index (κ2) is 9.76. The minimum Gasteiger partial charge on any atom is -0.457 e. The van der Waals surface area contributed by atoms with E-state index in [1.54, 1.807) is 19.1 Å². The third-order valence-electron chi connectivity index (χ3n) is 9.94. The largest absolute Gasteiger partial charge is 0.457 e. The van der Waals surface area contributed by atoms with Crippen LogP contribution in [-0.4, -0.2) is 56.8 Å². The molecule has 0 unspecified atom stereocenters. The SMILES string of the molecule is C[C@@H]1C[C@H]2[C@@H]3CCC4=CC(=O)C=C[C@]4(C)[C@@]3(F)[C@@H](O)C[C@]2(C)[C@@]1(OC(=O)c1ccco1)C(=O)SCC#CCO. The Bertz CT molecular complexity index is 1310. The van der Waals surface area contributed by atoms with Crippen LogP contribution in [0, 0.1) is 40.4 Å². The zero-order chi connectivity index (χ0) is 28.2. The minimum absolute atomic E-state index is 0.0559. The predicted octanol–water partition coefficient (Wildman–Crippen LogP) is 4.05. The van der Waals surface area contributed by atoms with Crippen LogP contribution in [0.3, 0.4) is 0 Å². The third kappa shape index (κ3) is 3.82. The number of halogens is 1.